The normalized spacial score (nSPS) is 25.4. The van der Waals surface area contributed by atoms with Crippen LogP contribution in [0.1, 0.15) is 39.0 Å². The van der Waals surface area contributed by atoms with Crippen LogP contribution in [0.15, 0.2) is 0 Å². The molecule has 1 rings (SSSR count). The topological polar surface area (TPSA) is 95.5 Å². The average molecular weight is 324 g/mol. The van der Waals surface area contributed by atoms with Crippen LogP contribution in [0.25, 0.3) is 0 Å². The molecule has 0 aromatic heterocycles. The van der Waals surface area contributed by atoms with Gasteiger partial charge in [-0.2, -0.15) is 13.2 Å². The van der Waals surface area contributed by atoms with E-state index >= 15 is 0 Å². The van der Waals surface area contributed by atoms with Crippen LogP contribution in [-0.2, 0) is 14.4 Å². The van der Waals surface area contributed by atoms with Crippen molar-refractivity contribution in [1.29, 1.82) is 0 Å². The van der Waals surface area contributed by atoms with Gasteiger partial charge < -0.3 is 15.7 Å². The standard InChI is InChI=1S/C13H19F3N2O4/c1-12(5-3-2-4-8(12)11(21)22)18-10(20)6-9(19)17-7-13(14,15)16/h8H,2-7H2,1H3,(H,17,19)(H,18,20)(H,21,22). The fraction of sp³-hybridized carbons (Fsp3) is 0.769. The second kappa shape index (κ2) is 6.97. The third kappa shape index (κ3) is 5.53. The molecule has 0 spiro atoms. The van der Waals surface area contributed by atoms with Crippen LogP contribution in [0, 0.1) is 5.92 Å². The highest BCUT2D eigenvalue weighted by Crippen LogP contribution is 2.33. The average Bonchev–Trinajstić information content (AvgIpc) is 2.34. The number of hydrogen-bond donors (Lipinski definition) is 3. The molecule has 0 aromatic carbocycles. The first-order chi connectivity index (χ1) is 10.0. The van der Waals surface area contributed by atoms with Crippen LogP contribution < -0.4 is 10.6 Å². The summed E-state index contributed by atoms with van der Waals surface area (Å²) in [7, 11) is 0. The number of amides is 2. The van der Waals surface area contributed by atoms with Gasteiger partial charge in [-0.05, 0) is 19.8 Å². The summed E-state index contributed by atoms with van der Waals surface area (Å²) in [5.74, 6) is -3.65. The maximum Gasteiger partial charge on any atom is 0.405 e. The fourth-order valence-corrected chi connectivity index (χ4v) is 2.65. The molecule has 9 heteroatoms. The van der Waals surface area contributed by atoms with Crippen LogP contribution >= 0.6 is 0 Å². The number of alkyl halides is 3. The van der Waals surface area contributed by atoms with Gasteiger partial charge in [-0.25, -0.2) is 0 Å². The lowest BCUT2D eigenvalue weighted by Gasteiger charge is -2.39. The van der Waals surface area contributed by atoms with Gasteiger partial charge in [-0.15, -0.1) is 0 Å². The summed E-state index contributed by atoms with van der Waals surface area (Å²) in [5.41, 5.74) is -0.995. The molecule has 1 fully saturated rings. The van der Waals surface area contributed by atoms with Crippen molar-refractivity contribution in [2.75, 3.05) is 6.54 Å². The van der Waals surface area contributed by atoms with Crippen molar-refractivity contribution < 1.29 is 32.7 Å². The SMILES string of the molecule is CC1(NC(=O)CC(=O)NCC(F)(F)F)CCCCC1C(=O)O. The monoisotopic (exact) mass is 324 g/mol. The van der Waals surface area contributed by atoms with E-state index in [1.54, 1.807) is 12.2 Å². The van der Waals surface area contributed by atoms with Gasteiger partial charge in [0.25, 0.3) is 0 Å². The van der Waals surface area contributed by atoms with E-state index < -0.39 is 48.4 Å². The molecule has 1 aliphatic rings. The van der Waals surface area contributed by atoms with Crippen molar-refractivity contribution in [2.24, 2.45) is 5.92 Å². The van der Waals surface area contributed by atoms with E-state index in [4.69, 9.17) is 0 Å². The van der Waals surface area contributed by atoms with Crippen molar-refractivity contribution >= 4 is 17.8 Å². The molecule has 22 heavy (non-hydrogen) atoms. The summed E-state index contributed by atoms with van der Waals surface area (Å²) in [6.45, 7) is 0.0740. The quantitative estimate of drug-likeness (QED) is 0.662. The first-order valence-electron chi connectivity index (χ1n) is 6.91. The van der Waals surface area contributed by atoms with Gasteiger partial charge in [-0.3, -0.25) is 14.4 Å². The molecule has 2 amide bonds. The van der Waals surface area contributed by atoms with Crippen molar-refractivity contribution in [1.82, 2.24) is 10.6 Å². The summed E-state index contributed by atoms with van der Waals surface area (Å²) in [5, 5.41) is 13.3. The Morgan fingerprint density at radius 2 is 1.86 bits per heavy atom. The molecule has 1 saturated carbocycles. The molecule has 2 unspecified atom stereocenters. The number of carbonyl (C=O) groups is 3. The van der Waals surface area contributed by atoms with Gasteiger partial charge in [0, 0.05) is 0 Å². The highest BCUT2D eigenvalue weighted by molar-refractivity contribution is 5.97. The smallest absolute Gasteiger partial charge is 0.405 e. The predicted molar refractivity (Wildman–Crippen MR) is 69.8 cm³/mol. The Balaban J connectivity index is 2.55. The molecule has 0 saturated heterocycles. The lowest BCUT2D eigenvalue weighted by Crippen LogP contribution is -2.56. The van der Waals surface area contributed by atoms with Crippen molar-refractivity contribution in [3.05, 3.63) is 0 Å². The maximum absolute atomic E-state index is 11.9. The zero-order chi connectivity index (χ0) is 17.0. The first-order valence-corrected chi connectivity index (χ1v) is 6.91. The summed E-state index contributed by atoms with van der Waals surface area (Å²) in [6, 6.07) is 0. The van der Waals surface area contributed by atoms with Crippen LogP contribution in [0.3, 0.4) is 0 Å². The number of nitrogens with one attached hydrogen (secondary N) is 2. The van der Waals surface area contributed by atoms with Crippen LogP contribution in [-0.4, -0.2) is 41.2 Å². The third-order valence-corrected chi connectivity index (χ3v) is 3.74. The van der Waals surface area contributed by atoms with E-state index in [2.05, 4.69) is 5.32 Å². The van der Waals surface area contributed by atoms with E-state index in [1.165, 1.54) is 0 Å². The number of carbonyl (C=O) groups excluding carboxylic acids is 2. The fourth-order valence-electron chi connectivity index (χ4n) is 2.65. The van der Waals surface area contributed by atoms with Crippen LogP contribution in [0.2, 0.25) is 0 Å². The number of carboxylic acids is 1. The Morgan fingerprint density at radius 1 is 1.23 bits per heavy atom. The van der Waals surface area contributed by atoms with E-state index in [-0.39, 0.29) is 0 Å². The summed E-state index contributed by atoms with van der Waals surface area (Å²) in [6.07, 6.45) is -2.99. The highest BCUT2D eigenvalue weighted by atomic mass is 19.4. The molecule has 0 aliphatic heterocycles. The molecule has 0 heterocycles. The number of rotatable bonds is 5. The Kier molecular flexibility index (Phi) is 5.78. The third-order valence-electron chi connectivity index (χ3n) is 3.74. The van der Waals surface area contributed by atoms with E-state index in [1.807, 2.05) is 0 Å². The van der Waals surface area contributed by atoms with E-state index in [0.717, 1.165) is 12.8 Å². The molecular weight excluding hydrogens is 305 g/mol. The maximum atomic E-state index is 11.9. The first kappa shape index (κ1) is 18.2. The molecule has 126 valence electrons. The van der Waals surface area contributed by atoms with Crippen molar-refractivity contribution in [3.8, 4) is 0 Å². The number of halogens is 3. The van der Waals surface area contributed by atoms with Gasteiger partial charge in [0.1, 0.15) is 13.0 Å². The van der Waals surface area contributed by atoms with Gasteiger partial charge in [0.05, 0.1) is 11.5 Å². The molecule has 2 atom stereocenters. The van der Waals surface area contributed by atoms with E-state index in [0.29, 0.717) is 12.8 Å². The Morgan fingerprint density at radius 3 is 2.41 bits per heavy atom. The molecule has 1 aliphatic carbocycles. The molecule has 0 bridgehead atoms. The van der Waals surface area contributed by atoms with Crippen molar-refractivity contribution in [3.63, 3.8) is 0 Å². The number of carboxylic acid groups (broad SMARTS) is 1. The second-order valence-electron chi connectivity index (χ2n) is 5.67. The van der Waals surface area contributed by atoms with Gasteiger partial charge in [0.15, 0.2) is 0 Å². The number of hydrogen-bond acceptors (Lipinski definition) is 3. The largest absolute Gasteiger partial charge is 0.481 e. The van der Waals surface area contributed by atoms with Crippen LogP contribution in [0.5, 0.6) is 0 Å². The lowest BCUT2D eigenvalue weighted by molar-refractivity contribution is -0.147. The van der Waals surface area contributed by atoms with Crippen LogP contribution in [0.4, 0.5) is 13.2 Å². The predicted octanol–water partition coefficient (Wildman–Crippen LogP) is 1.20. The van der Waals surface area contributed by atoms with Gasteiger partial charge in [-0.1, -0.05) is 12.8 Å². The lowest BCUT2D eigenvalue weighted by atomic mass is 9.74. The minimum absolute atomic E-state index is 0.409. The molecule has 0 radical (unpaired) electrons. The zero-order valence-electron chi connectivity index (χ0n) is 12.1. The van der Waals surface area contributed by atoms with Gasteiger partial charge >= 0.3 is 12.1 Å². The Hall–Kier alpha value is -1.80. The summed E-state index contributed by atoms with van der Waals surface area (Å²) in [4.78, 5) is 34.3. The minimum atomic E-state index is -4.55. The molecule has 6 nitrogen and oxygen atoms in total. The highest BCUT2D eigenvalue weighted by Gasteiger charge is 2.42. The summed E-state index contributed by atoms with van der Waals surface area (Å²) >= 11 is 0. The minimum Gasteiger partial charge on any atom is -0.481 e. The van der Waals surface area contributed by atoms with Gasteiger partial charge in [0.2, 0.25) is 11.8 Å². The zero-order valence-corrected chi connectivity index (χ0v) is 12.1. The van der Waals surface area contributed by atoms with Crippen molar-refractivity contribution in [2.45, 2.75) is 50.7 Å². The summed E-state index contributed by atoms with van der Waals surface area (Å²) < 4.78 is 35.8. The Labute approximate surface area is 125 Å². The Bertz CT molecular complexity index is 453. The van der Waals surface area contributed by atoms with E-state index in [9.17, 15) is 32.7 Å². The molecular formula is C13H19F3N2O4. The number of aliphatic carboxylic acids is 1. The molecule has 0 aromatic rings. The second-order valence-corrected chi connectivity index (χ2v) is 5.67. The molecule has 3 N–H and O–H groups in total.